The van der Waals surface area contributed by atoms with Gasteiger partial charge in [0.05, 0.1) is 10.6 Å². The van der Waals surface area contributed by atoms with Gasteiger partial charge in [0.2, 0.25) is 5.91 Å². The molecule has 0 spiro atoms. The van der Waals surface area contributed by atoms with E-state index in [1.807, 2.05) is 31.2 Å². The van der Waals surface area contributed by atoms with Crippen LogP contribution in [0.2, 0.25) is 0 Å². The van der Waals surface area contributed by atoms with Crippen molar-refractivity contribution in [2.24, 2.45) is 0 Å². The summed E-state index contributed by atoms with van der Waals surface area (Å²) in [6.45, 7) is 1.94. The minimum Gasteiger partial charge on any atom is -0.365 e. The van der Waals surface area contributed by atoms with Crippen LogP contribution >= 0.6 is 22.6 Å². The highest BCUT2D eigenvalue weighted by molar-refractivity contribution is 14.1. The summed E-state index contributed by atoms with van der Waals surface area (Å²) < 4.78 is 32.1. The molecule has 0 bridgehead atoms. The lowest BCUT2D eigenvalue weighted by Gasteiger charge is -2.17. The Bertz CT molecular complexity index is 753. The van der Waals surface area contributed by atoms with E-state index < -0.39 is 10.4 Å². The predicted octanol–water partition coefficient (Wildman–Crippen LogP) is 2.50. The summed E-state index contributed by atoms with van der Waals surface area (Å²) in [4.78, 5) is 11.3. The van der Waals surface area contributed by atoms with Crippen LogP contribution in [0.4, 0.5) is 5.69 Å². The minimum absolute atomic E-state index is 0.0378. The summed E-state index contributed by atoms with van der Waals surface area (Å²) in [5.41, 5.74) is 1.04. The second-order valence-corrected chi connectivity index (χ2v) is 6.20. The highest BCUT2D eigenvalue weighted by atomic mass is 127. The van der Waals surface area contributed by atoms with Crippen molar-refractivity contribution < 1.29 is 22.3 Å². The van der Waals surface area contributed by atoms with E-state index in [2.05, 4.69) is 51.4 Å². The smallest absolute Gasteiger partial charge is 0.365 e. The molecule has 4 N–H and O–H groups in total. The Morgan fingerprint density at radius 2 is 1.74 bits per heavy atom. The molecular weight excluding hydrogens is 435 g/mol. The van der Waals surface area contributed by atoms with Crippen LogP contribution in [-0.4, -0.2) is 34.0 Å². The SMILES string of the molecule is CC(NC(=O)CI)Nc1cccc2ccccc12.O=S(=O)(O)O. The number of halogens is 1. The number of rotatable bonds is 4. The first-order chi connectivity index (χ1) is 10.7. The van der Waals surface area contributed by atoms with Crippen molar-refractivity contribution in [3.63, 3.8) is 0 Å². The zero-order chi connectivity index (χ0) is 17.5. The molecule has 2 rings (SSSR count). The van der Waals surface area contributed by atoms with Crippen LogP contribution in [0.5, 0.6) is 0 Å². The molecule has 0 aliphatic rings. The molecule has 0 saturated heterocycles. The molecular formula is C14H17IN2O5S. The number of hydrogen-bond acceptors (Lipinski definition) is 4. The third-order valence-corrected chi connectivity index (χ3v) is 3.35. The lowest BCUT2D eigenvalue weighted by molar-refractivity contribution is -0.118. The van der Waals surface area contributed by atoms with Gasteiger partial charge in [-0.1, -0.05) is 59.0 Å². The topological polar surface area (TPSA) is 116 Å². The summed E-state index contributed by atoms with van der Waals surface area (Å²) in [6.07, 6.45) is -0.0851. The number of hydrogen-bond donors (Lipinski definition) is 4. The van der Waals surface area contributed by atoms with E-state index in [1.54, 1.807) is 0 Å². The molecule has 9 heteroatoms. The van der Waals surface area contributed by atoms with Crippen molar-refractivity contribution in [1.29, 1.82) is 0 Å². The first-order valence-electron chi connectivity index (χ1n) is 6.50. The molecule has 1 atom stereocenters. The van der Waals surface area contributed by atoms with Crippen LogP contribution in [0, 0.1) is 0 Å². The Morgan fingerprint density at radius 1 is 1.17 bits per heavy atom. The van der Waals surface area contributed by atoms with Crippen molar-refractivity contribution in [1.82, 2.24) is 5.32 Å². The van der Waals surface area contributed by atoms with Crippen LogP contribution in [0.1, 0.15) is 6.92 Å². The second kappa shape index (κ2) is 9.01. The summed E-state index contributed by atoms with van der Waals surface area (Å²) in [5, 5.41) is 8.55. The van der Waals surface area contributed by atoms with Gasteiger partial charge in [0.25, 0.3) is 0 Å². The van der Waals surface area contributed by atoms with Crippen molar-refractivity contribution in [3.05, 3.63) is 42.5 Å². The minimum atomic E-state index is -4.67. The number of carbonyl (C=O) groups is 1. The van der Waals surface area contributed by atoms with Crippen molar-refractivity contribution in [3.8, 4) is 0 Å². The van der Waals surface area contributed by atoms with Gasteiger partial charge in [-0.2, -0.15) is 8.42 Å². The average Bonchev–Trinajstić information content (AvgIpc) is 2.45. The summed E-state index contributed by atoms with van der Waals surface area (Å²) in [5.74, 6) is 0.0378. The zero-order valence-electron chi connectivity index (χ0n) is 12.2. The van der Waals surface area contributed by atoms with Gasteiger partial charge in [-0.25, -0.2) is 0 Å². The number of anilines is 1. The van der Waals surface area contributed by atoms with Crippen LogP contribution < -0.4 is 10.6 Å². The number of nitrogens with one attached hydrogen (secondary N) is 2. The average molecular weight is 452 g/mol. The van der Waals surface area contributed by atoms with Gasteiger partial charge in [0.1, 0.15) is 0 Å². The van der Waals surface area contributed by atoms with Gasteiger partial charge in [-0.3, -0.25) is 13.9 Å². The standard InChI is InChI=1S/C14H15IN2O.H2O4S/c1-10(17-14(18)9-15)16-13-8-4-6-11-5-2-3-7-12(11)13;1-5(2,3)4/h2-8,10,16H,9H2,1H3,(H,17,18);(H2,1,2,3,4). The molecule has 0 aromatic heterocycles. The number of benzene rings is 2. The number of fused-ring (bicyclic) bond motifs is 1. The molecule has 0 radical (unpaired) electrons. The Morgan fingerprint density at radius 3 is 2.35 bits per heavy atom. The van der Waals surface area contributed by atoms with Crippen LogP contribution in [0.15, 0.2) is 42.5 Å². The Labute approximate surface area is 148 Å². The molecule has 1 amide bonds. The molecule has 0 aliphatic heterocycles. The van der Waals surface area contributed by atoms with Gasteiger partial charge in [-0.15, -0.1) is 0 Å². The Balaban J connectivity index is 0.000000463. The summed E-state index contributed by atoms with van der Waals surface area (Å²) in [6, 6.07) is 14.3. The fourth-order valence-corrected chi connectivity index (χ4v) is 2.12. The molecule has 0 heterocycles. The van der Waals surface area contributed by atoms with E-state index in [0.29, 0.717) is 4.43 Å². The Kier molecular flexibility index (Phi) is 7.68. The van der Waals surface area contributed by atoms with Gasteiger partial charge < -0.3 is 10.6 Å². The van der Waals surface area contributed by atoms with Crippen LogP contribution in [0.3, 0.4) is 0 Å². The zero-order valence-corrected chi connectivity index (χ0v) is 15.2. The van der Waals surface area contributed by atoms with Gasteiger partial charge in [0, 0.05) is 11.1 Å². The molecule has 126 valence electrons. The van der Waals surface area contributed by atoms with Crippen molar-refractivity contribution >= 4 is 55.4 Å². The quantitative estimate of drug-likeness (QED) is 0.245. The number of alkyl halides is 1. The van der Waals surface area contributed by atoms with E-state index in [1.165, 1.54) is 5.39 Å². The number of amides is 1. The molecule has 1 unspecified atom stereocenters. The summed E-state index contributed by atoms with van der Waals surface area (Å²) in [7, 11) is -4.67. The first kappa shape index (κ1) is 19.6. The maximum absolute atomic E-state index is 11.3. The van der Waals surface area contributed by atoms with Crippen LogP contribution in [-0.2, 0) is 15.2 Å². The fraction of sp³-hybridized carbons (Fsp3) is 0.214. The van der Waals surface area contributed by atoms with E-state index in [9.17, 15) is 4.79 Å². The van der Waals surface area contributed by atoms with E-state index in [4.69, 9.17) is 17.5 Å². The molecule has 7 nitrogen and oxygen atoms in total. The molecule has 2 aromatic rings. The largest absolute Gasteiger partial charge is 0.394 e. The molecule has 0 fully saturated rings. The molecule has 2 aromatic carbocycles. The highest BCUT2D eigenvalue weighted by Gasteiger charge is 2.07. The van der Waals surface area contributed by atoms with Crippen LogP contribution in [0.25, 0.3) is 10.8 Å². The van der Waals surface area contributed by atoms with E-state index in [-0.39, 0.29) is 12.1 Å². The number of carbonyl (C=O) groups excluding carboxylic acids is 1. The van der Waals surface area contributed by atoms with Crippen molar-refractivity contribution in [2.45, 2.75) is 13.1 Å². The highest BCUT2D eigenvalue weighted by Crippen LogP contribution is 2.23. The maximum Gasteiger partial charge on any atom is 0.394 e. The maximum atomic E-state index is 11.3. The lowest BCUT2D eigenvalue weighted by Crippen LogP contribution is -2.38. The van der Waals surface area contributed by atoms with E-state index in [0.717, 1.165) is 11.1 Å². The second-order valence-electron chi connectivity index (χ2n) is 4.54. The third-order valence-electron chi connectivity index (χ3n) is 2.66. The fourth-order valence-electron chi connectivity index (χ4n) is 1.90. The molecule has 0 aliphatic carbocycles. The van der Waals surface area contributed by atoms with Gasteiger partial charge in [0.15, 0.2) is 0 Å². The molecule has 0 saturated carbocycles. The van der Waals surface area contributed by atoms with E-state index >= 15 is 0 Å². The van der Waals surface area contributed by atoms with Crippen molar-refractivity contribution in [2.75, 3.05) is 9.74 Å². The lowest BCUT2D eigenvalue weighted by atomic mass is 10.1. The first-order valence-corrected chi connectivity index (χ1v) is 9.42. The Hall–Kier alpha value is -1.43. The summed E-state index contributed by atoms with van der Waals surface area (Å²) >= 11 is 2.05. The normalized spacial score (nSPS) is 12.0. The van der Waals surface area contributed by atoms with Gasteiger partial charge in [-0.05, 0) is 18.4 Å². The van der Waals surface area contributed by atoms with Gasteiger partial charge >= 0.3 is 10.4 Å². The molecule has 23 heavy (non-hydrogen) atoms. The predicted molar refractivity (Wildman–Crippen MR) is 98.2 cm³/mol. The monoisotopic (exact) mass is 452 g/mol. The third kappa shape index (κ3) is 8.11.